The van der Waals surface area contributed by atoms with Crippen molar-refractivity contribution in [3.63, 3.8) is 0 Å². The first-order valence-electron chi connectivity index (χ1n) is 8.88. The predicted octanol–water partition coefficient (Wildman–Crippen LogP) is 4.28. The van der Waals surface area contributed by atoms with E-state index in [1.165, 1.54) is 32.1 Å². The third kappa shape index (κ3) is 4.75. The first-order chi connectivity index (χ1) is 11.7. The highest BCUT2D eigenvalue weighted by atomic mass is 35.5. The average Bonchev–Trinajstić information content (AvgIpc) is 2.68. The van der Waals surface area contributed by atoms with E-state index >= 15 is 0 Å². The van der Waals surface area contributed by atoms with Crippen LogP contribution in [0.5, 0.6) is 5.75 Å². The molecule has 0 bridgehead atoms. The van der Waals surface area contributed by atoms with E-state index in [4.69, 9.17) is 4.74 Å². The van der Waals surface area contributed by atoms with Crippen molar-refractivity contribution in [2.45, 2.75) is 43.7 Å². The molecule has 1 atom stereocenters. The number of benzene rings is 2. The van der Waals surface area contributed by atoms with E-state index in [0.717, 1.165) is 16.9 Å². The second-order valence-electron chi connectivity index (χ2n) is 6.67. The molecule has 1 aliphatic rings. The molecule has 0 amide bonds. The first-order valence-corrected chi connectivity index (χ1v) is 8.88. The summed E-state index contributed by atoms with van der Waals surface area (Å²) in [7, 11) is 1.66. The molecular formula is C21H28ClNO2. The molecule has 1 saturated carbocycles. The lowest BCUT2D eigenvalue weighted by atomic mass is 9.85. The van der Waals surface area contributed by atoms with Gasteiger partial charge in [0.25, 0.3) is 0 Å². The number of hydrogen-bond donors (Lipinski definition) is 2. The Labute approximate surface area is 156 Å². The zero-order chi connectivity index (χ0) is 16.8. The highest BCUT2D eigenvalue weighted by Gasteiger charge is 2.32. The Morgan fingerprint density at radius 3 is 2.16 bits per heavy atom. The summed E-state index contributed by atoms with van der Waals surface area (Å²) < 4.78 is 5.25. The number of halogens is 1. The molecule has 136 valence electrons. The molecule has 0 aliphatic heterocycles. The number of rotatable bonds is 6. The van der Waals surface area contributed by atoms with E-state index in [-0.39, 0.29) is 12.4 Å². The van der Waals surface area contributed by atoms with Crippen LogP contribution in [0.25, 0.3) is 0 Å². The van der Waals surface area contributed by atoms with Crippen molar-refractivity contribution >= 4 is 12.4 Å². The minimum absolute atomic E-state index is 0. The fourth-order valence-corrected chi connectivity index (χ4v) is 3.55. The molecule has 2 aromatic carbocycles. The monoisotopic (exact) mass is 361 g/mol. The maximum absolute atomic E-state index is 11.5. The molecule has 0 radical (unpaired) electrons. The largest absolute Gasteiger partial charge is 0.497 e. The van der Waals surface area contributed by atoms with Crippen LogP contribution in [-0.4, -0.2) is 24.8 Å². The van der Waals surface area contributed by atoms with Gasteiger partial charge in [0.15, 0.2) is 0 Å². The highest BCUT2D eigenvalue weighted by Crippen LogP contribution is 2.31. The molecule has 1 aliphatic carbocycles. The zero-order valence-corrected chi connectivity index (χ0v) is 15.6. The van der Waals surface area contributed by atoms with Crippen molar-refractivity contribution in [2.24, 2.45) is 0 Å². The molecule has 2 aromatic rings. The summed E-state index contributed by atoms with van der Waals surface area (Å²) >= 11 is 0. The molecule has 2 N–H and O–H groups in total. The van der Waals surface area contributed by atoms with Crippen molar-refractivity contribution in [3.8, 4) is 5.75 Å². The lowest BCUT2D eigenvalue weighted by Gasteiger charge is -2.33. The summed E-state index contributed by atoms with van der Waals surface area (Å²) in [6.45, 7) is 0.522. The van der Waals surface area contributed by atoms with E-state index < -0.39 is 5.60 Å². The highest BCUT2D eigenvalue weighted by molar-refractivity contribution is 5.85. The van der Waals surface area contributed by atoms with Gasteiger partial charge in [-0.05, 0) is 36.1 Å². The predicted molar refractivity (Wildman–Crippen MR) is 105 cm³/mol. The van der Waals surface area contributed by atoms with Gasteiger partial charge in [0.1, 0.15) is 11.4 Å². The molecule has 0 aromatic heterocycles. The Morgan fingerprint density at radius 2 is 1.56 bits per heavy atom. The minimum Gasteiger partial charge on any atom is -0.497 e. The van der Waals surface area contributed by atoms with Crippen molar-refractivity contribution in [1.29, 1.82) is 0 Å². The summed E-state index contributed by atoms with van der Waals surface area (Å²) in [5.41, 5.74) is 0.765. The van der Waals surface area contributed by atoms with E-state index in [1.807, 2.05) is 54.6 Å². The van der Waals surface area contributed by atoms with Gasteiger partial charge in [-0.1, -0.05) is 61.7 Å². The van der Waals surface area contributed by atoms with Gasteiger partial charge >= 0.3 is 0 Å². The van der Waals surface area contributed by atoms with E-state index in [2.05, 4.69) is 5.32 Å². The third-order valence-electron chi connectivity index (χ3n) is 5.07. The number of aliphatic hydroxyl groups is 1. The maximum atomic E-state index is 11.5. The fourth-order valence-electron chi connectivity index (χ4n) is 3.55. The van der Waals surface area contributed by atoms with Gasteiger partial charge in [0, 0.05) is 12.6 Å². The van der Waals surface area contributed by atoms with Crippen LogP contribution in [0.1, 0.15) is 43.2 Å². The first kappa shape index (κ1) is 19.8. The van der Waals surface area contributed by atoms with Crippen molar-refractivity contribution < 1.29 is 9.84 Å². The van der Waals surface area contributed by atoms with E-state index in [0.29, 0.717) is 12.6 Å². The van der Waals surface area contributed by atoms with Crippen LogP contribution < -0.4 is 10.1 Å². The van der Waals surface area contributed by atoms with Gasteiger partial charge < -0.3 is 15.2 Å². The minimum atomic E-state index is -1.04. The summed E-state index contributed by atoms with van der Waals surface area (Å²) in [5.74, 6) is 0.800. The van der Waals surface area contributed by atoms with Crippen LogP contribution in [-0.2, 0) is 5.60 Å². The van der Waals surface area contributed by atoms with Crippen LogP contribution in [0.2, 0.25) is 0 Å². The van der Waals surface area contributed by atoms with Gasteiger partial charge in [-0.15, -0.1) is 12.4 Å². The molecule has 4 heteroatoms. The summed E-state index contributed by atoms with van der Waals surface area (Å²) in [4.78, 5) is 0. The lowest BCUT2D eigenvalue weighted by Crippen LogP contribution is -2.44. The SMILES string of the molecule is COc1ccc(C(O)(CNC2CCCCC2)c2ccccc2)cc1.Cl. The van der Waals surface area contributed by atoms with Crippen molar-refractivity contribution in [3.05, 3.63) is 65.7 Å². The molecule has 3 nitrogen and oxygen atoms in total. The molecule has 3 rings (SSSR count). The number of methoxy groups -OCH3 is 1. The standard InChI is InChI=1S/C21H27NO2.ClH/c1-24-20-14-12-18(13-15-20)21(23,17-8-4-2-5-9-17)16-22-19-10-6-3-7-11-19;/h2,4-5,8-9,12-15,19,22-23H,3,6-7,10-11,16H2,1H3;1H. The topological polar surface area (TPSA) is 41.5 Å². The molecule has 25 heavy (non-hydrogen) atoms. The molecule has 0 heterocycles. The molecule has 0 spiro atoms. The van der Waals surface area contributed by atoms with Crippen LogP contribution in [0.15, 0.2) is 54.6 Å². The van der Waals surface area contributed by atoms with Crippen molar-refractivity contribution in [2.75, 3.05) is 13.7 Å². The molecular weight excluding hydrogens is 334 g/mol. The third-order valence-corrected chi connectivity index (χ3v) is 5.07. The smallest absolute Gasteiger partial charge is 0.127 e. The quantitative estimate of drug-likeness (QED) is 0.807. The Hall–Kier alpha value is -1.55. The van der Waals surface area contributed by atoms with Gasteiger partial charge in [0.2, 0.25) is 0 Å². The maximum Gasteiger partial charge on any atom is 0.127 e. The Balaban J connectivity index is 0.00000225. The Bertz CT molecular complexity index is 626. The number of ether oxygens (including phenoxy) is 1. The second kappa shape index (κ2) is 9.23. The molecule has 0 saturated heterocycles. The van der Waals surface area contributed by atoms with Gasteiger partial charge in [-0.2, -0.15) is 0 Å². The van der Waals surface area contributed by atoms with Crippen LogP contribution in [0.4, 0.5) is 0 Å². The Morgan fingerprint density at radius 1 is 0.960 bits per heavy atom. The van der Waals surface area contributed by atoms with Gasteiger partial charge in [-0.25, -0.2) is 0 Å². The zero-order valence-electron chi connectivity index (χ0n) is 14.8. The van der Waals surface area contributed by atoms with Gasteiger partial charge in [-0.3, -0.25) is 0 Å². The Kier molecular flexibility index (Phi) is 7.30. The molecule has 1 fully saturated rings. The average molecular weight is 362 g/mol. The normalized spacial score (nSPS) is 17.4. The number of hydrogen-bond acceptors (Lipinski definition) is 3. The van der Waals surface area contributed by atoms with Crippen LogP contribution >= 0.6 is 12.4 Å². The van der Waals surface area contributed by atoms with Crippen LogP contribution in [0, 0.1) is 0 Å². The summed E-state index contributed by atoms with van der Waals surface area (Å²) in [6.07, 6.45) is 6.30. The second-order valence-corrected chi connectivity index (χ2v) is 6.67. The van der Waals surface area contributed by atoms with Crippen molar-refractivity contribution in [1.82, 2.24) is 5.32 Å². The lowest BCUT2D eigenvalue weighted by molar-refractivity contribution is 0.0745. The van der Waals surface area contributed by atoms with E-state index in [1.54, 1.807) is 7.11 Å². The molecule has 1 unspecified atom stereocenters. The summed E-state index contributed by atoms with van der Waals surface area (Å²) in [6, 6.07) is 18.1. The van der Waals surface area contributed by atoms with Crippen LogP contribution in [0.3, 0.4) is 0 Å². The summed E-state index contributed by atoms with van der Waals surface area (Å²) in [5, 5.41) is 15.2. The fraction of sp³-hybridized carbons (Fsp3) is 0.429. The van der Waals surface area contributed by atoms with Gasteiger partial charge in [0.05, 0.1) is 7.11 Å². The number of nitrogens with one attached hydrogen (secondary N) is 1. The van der Waals surface area contributed by atoms with E-state index in [9.17, 15) is 5.11 Å².